The maximum Gasteiger partial charge on any atom is 0.128 e. The molecule has 0 N–H and O–H groups in total. The topological polar surface area (TPSA) is 35.0 Å². The summed E-state index contributed by atoms with van der Waals surface area (Å²) in [7, 11) is 0. The molecule has 3 nitrogen and oxygen atoms in total. The summed E-state index contributed by atoms with van der Waals surface area (Å²) >= 11 is 0. The Balaban J connectivity index is 1.38. The van der Waals surface area contributed by atoms with Crippen LogP contribution in [-0.4, -0.2) is 9.97 Å². The van der Waals surface area contributed by atoms with Crippen molar-refractivity contribution in [1.29, 1.82) is 0 Å². The van der Waals surface area contributed by atoms with E-state index in [9.17, 15) is 0 Å². The van der Waals surface area contributed by atoms with Crippen molar-refractivity contribution in [3.05, 3.63) is 121 Å². The first-order valence-corrected chi connectivity index (χ1v) is 15.7. The van der Waals surface area contributed by atoms with Crippen molar-refractivity contribution in [1.82, 2.24) is 9.97 Å². The molecular formula is C42H36N2O. The molecule has 0 bridgehead atoms. The van der Waals surface area contributed by atoms with E-state index in [1.54, 1.807) is 0 Å². The third-order valence-electron chi connectivity index (χ3n) is 9.18. The molecule has 0 spiro atoms. The zero-order valence-corrected chi connectivity index (χ0v) is 26.7. The molecule has 0 unspecified atom stereocenters. The lowest BCUT2D eigenvalue weighted by Crippen LogP contribution is -2.12. The van der Waals surface area contributed by atoms with E-state index in [0.717, 1.165) is 54.8 Å². The highest BCUT2D eigenvalue weighted by Crippen LogP contribution is 2.42. The van der Waals surface area contributed by atoms with Gasteiger partial charge in [0.25, 0.3) is 0 Å². The molecular weight excluding hydrogens is 548 g/mol. The molecule has 2 aromatic heterocycles. The molecule has 6 aromatic carbocycles. The minimum Gasteiger partial charge on any atom is -0.457 e. The van der Waals surface area contributed by atoms with Gasteiger partial charge in [-0.2, -0.15) is 0 Å². The molecule has 220 valence electrons. The van der Waals surface area contributed by atoms with Crippen LogP contribution in [0, 0.1) is 0 Å². The van der Waals surface area contributed by atoms with Gasteiger partial charge in [-0.05, 0) is 67.8 Å². The second-order valence-electron chi connectivity index (χ2n) is 14.3. The summed E-state index contributed by atoms with van der Waals surface area (Å²) in [6, 6.07) is 34.7. The lowest BCUT2D eigenvalue weighted by atomic mass is 9.82. The van der Waals surface area contributed by atoms with E-state index < -0.39 is 0 Å². The van der Waals surface area contributed by atoms with Crippen molar-refractivity contribution in [2.75, 3.05) is 0 Å². The van der Waals surface area contributed by atoms with Gasteiger partial charge in [0.05, 0.1) is 11.0 Å². The Morgan fingerprint density at radius 3 is 1.24 bits per heavy atom. The van der Waals surface area contributed by atoms with Gasteiger partial charge in [0, 0.05) is 44.7 Å². The van der Waals surface area contributed by atoms with Crippen LogP contribution in [0.1, 0.15) is 52.7 Å². The number of hydrogen-bond acceptors (Lipinski definition) is 3. The van der Waals surface area contributed by atoms with Crippen molar-refractivity contribution < 1.29 is 4.74 Å². The third kappa shape index (κ3) is 4.49. The first-order valence-electron chi connectivity index (χ1n) is 15.7. The largest absolute Gasteiger partial charge is 0.457 e. The van der Waals surface area contributed by atoms with Gasteiger partial charge in [0.2, 0.25) is 0 Å². The third-order valence-corrected chi connectivity index (χ3v) is 9.18. The summed E-state index contributed by atoms with van der Waals surface area (Å²) in [4.78, 5) is 9.98. The number of nitrogens with zero attached hydrogens (tertiary/aromatic N) is 2. The van der Waals surface area contributed by atoms with Crippen molar-refractivity contribution in [2.45, 2.75) is 52.4 Å². The average molecular weight is 585 g/mol. The zero-order chi connectivity index (χ0) is 31.1. The Morgan fingerprint density at radius 2 is 0.822 bits per heavy atom. The van der Waals surface area contributed by atoms with E-state index in [1.807, 2.05) is 12.4 Å². The molecule has 0 fully saturated rings. The van der Waals surface area contributed by atoms with Crippen LogP contribution in [-0.2, 0) is 10.8 Å². The van der Waals surface area contributed by atoms with Crippen LogP contribution in [0.3, 0.4) is 0 Å². The molecule has 0 radical (unpaired) electrons. The molecule has 0 aliphatic rings. The van der Waals surface area contributed by atoms with Gasteiger partial charge in [-0.3, -0.25) is 9.97 Å². The molecule has 0 amide bonds. The predicted molar refractivity (Wildman–Crippen MR) is 191 cm³/mol. The number of hydrogen-bond donors (Lipinski definition) is 0. The first-order chi connectivity index (χ1) is 21.6. The number of benzene rings is 6. The number of ether oxygens (including phenoxy) is 1. The SMILES string of the molecule is CC(C)(C)c1cc(Oc2cc(C(C)(C)C)c3ccc4c5ccccc5cnc4c3c2)cc2c1ccc1c3ccccc3cnc21. The fourth-order valence-electron chi connectivity index (χ4n) is 6.97. The Hall–Kier alpha value is -5.02. The lowest BCUT2D eigenvalue weighted by Gasteiger charge is -2.25. The van der Waals surface area contributed by atoms with Crippen molar-refractivity contribution in [3.8, 4) is 11.5 Å². The Kier molecular flexibility index (Phi) is 5.96. The molecule has 3 heteroatoms. The fourth-order valence-corrected chi connectivity index (χ4v) is 6.97. The Morgan fingerprint density at radius 1 is 0.422 bits per heavy atom. The van der Waals surface area contributed by atoms with Gasteiger partial charge >= 0.3 is 0 Å². The predicted octanol–water partition coefficient (Wildman–Crippen LogP) is 11.8. The Labute approximate surface area is 263 Å². The van der Waals surface area contributed by atoms with Crippen LogP contribution in [0.15, 0.2) is 109 Å². The van der Waals surface area contributed by atoms with E-state index in [-0.39, 0.29) is 10.8 Å². The van der Waals surface area contributed by atoms with Gasteiger partial charge in [-0.25, -0.2) is 0 Å². The van der Waals surface area contributed by atoms with Gasteiger partial charge in [-0.15, -0.1) is 0 Å². The standard InChI is InChI=1S/C42H36N2O/c1-41(2,3)37-21-27(19-35-31(37)15-17-33-29-13-9-7-11-25(29)23-43-39(33)35)45-28-20-36-32(38(22-28)42(4,5)6)16-18-34-30-14-10-8-12-26(30)24-44-40(34)36/h7-24H,1-6H3. The maximum atomic E-state index is 6.88. The van der Waals surface area contributed by atoms with Gasteiger partial charge in [0.15, 0.2) is 0 Å². The summed E-state index contributed by atoms with van der Waals surface area (Å²) < 4.78 is 6.88. The molecule has 0 atom stereocenters. The lowest BCUT2D eigenvalue weighted by molar-refractivity contribution is 0.477. The molecule has 2 heterocycles. The van der Waals surface area contributed by atoms with E-state index in [0.29, 0.717) is 0 Å². The quantitative estimate of drug-likeness (QED) is 0.190. The summed E-state index contributed by atoms with van der Waals surface area (Å²) in [6.45, 7) is 13.6. The zero-order valence-electron chi connectivity index (χ0n) is 26.7. The van der Waals surface area contributed by atoms with Gasteiger partial charge < -0.3 is 4.74 Å². The minimum atomic E-state index is -0.0940. The van der Waals surface area contributed by atoms with Crippen molar-refractivity contribution in [3.63, 3.8) is 0 Å². The second kappa shape index (κ2) is 9.74. The maximum absolute atomic E-state index is 6.88. The molecule has 8 aromatic rings. The highest BCUT2D eigenvalue weighted by atomic mass is 16.5. The van der Waals surface area contributed by atoms with Crippen molar-refractivity contribution >= 4 is 64.9 Å². The first kappa shape index (κ1) is 27.5. The molecule has 8 rings (SSSR count). The van der Waals surface area contributed by atoms with E-state index in [2.05, 4.69) is 139 Å². The average Bonchev–Trinajstić information content (AvgIpc) is 3.02. The van der Waals surface area contributed by atoms with Crippen LogP contribution < -0.4 is 4.74 Å². The number of pyridine rings is 2. The van der Waals surface area contributed by atoms with Gasteiger partial charge in [-0.1, -0.05) is 114 Å². The minimum absolute atomic E-state index is 0.0940. The molecule has 0 aliphatic heterocycles. The summed E-state index contributed by atoms with van der Waals surface area (Å²) in [6.07, 6.45) is 3.98. The summed E-state index contributed by atoms with van der Waals surface area (Å²) in [5.74, 6) is 1.63. The van der Waals surface area contributed by atoms with E-state index >= 15 is 0 Å². The number of aromatic nitrogens is 2. The highest BCUT2D eigenvalue weighted by Gasteiger charge is 2.23. The van der Waals surface area contributed by atoms with E-state index in [1.165, 1.54) is 32.7 Å². The fraction of sp³-hybridized carbons (Fsp3) is 0.190. The highest BCUT2D eigenvalue weighted by molar-refractivity contribution is 6.17. The Bertz CT molecular complexity index is 2300. The second-order valence-corrected chi connectivity index (χ2v) is 14.3. The monoisotopic (exact) mass is 584 g/mol. The van der Waals surface area contributed by atoms with Crippen LogP contribution in [0.4, 0.5) is 0 Å². The molecule has 0 saturated heterocycles. The smallest absolute Gasteiger partial charge is 0.128 e. The van der Waals surface area contributed by atoms with Crippen LogP contribution in [0.5, 0.6) is 11.5 Å². The van der Waals surface area contributed by atoms with E-state index in [4.69, 9.17) is 14.7 Å². The van der Waals surface area contributed by atoms with Crippen LogP contribution in [0.25, 0.3) is 64.9 Å². The summed E-state index contributed by atoms with van der Waals surface area (Å²) in [5, 5.41) is 11.7. The number of rotatable bonds is 2. The van der Waals surface area contributed by atoms with Gasteiger partial charge in [0.1, 0.15) is 11.5 Å². The summed E-state index contributed by atoms with van der Waals surface area (Å²) in [5.41, 5.74) is 4.29. The normalized spacial score (nSPS) is 12.7. The van der Waals surface area contributed by atoms with Crippen LogP contribution in [0.2, 0.25) is 0 Å². The molecule has 0 saturated carbocycles. The van der Waals surface area contributed by atoms with Crippen LogP contribution >= 0.6 is 0 Å². The molecule has 0 aliphatic carbocycles. The van der Waals surface area contributed by atoms with Crippen molar-refractivity contribution in [2.24, 2.45) is 0 Å². The number of fused-ring (bicyclic) bond motifs is 10. The molecule has 45 heavy (non-hydrogen) atoms.